The maximum Gasteiger partial charge on any atom is 0.0468 e. The number of nitrogens with zero attached hydrogens (tertiary/aromatic N) is 1. The molecule has 0 heterocycles. The molecule has 1 nitrogen and oxygen atoms in total. The summed E-state index contributed by atoms with van der Waals surface area (Å²) in [7, 11) is 0. The Morgan fingerprint density at radius 3 is 1.83 bits per heavy atom. The van der Waals surface area contributed by atoms with Gasteiger partial charge < -0.3 is 4.90 Å². The number of hydrogen-bond donors (Lipinski definition) is 0. The molecule has 2 bridgehead atoms. The SMILES string of the molecule is CC1(C)c2ccccc2-c2ccc(N(c3ccc(-c4ccccc4)cc3)c3ccc4c(c3)-c3ccccc3C43CC4CCC3C4)cc21. The van der Waals surface area contributed by atoms with Crippen LogP contribution in [0.5, 0.6) is 0 Å². The fourth-order valence-electron chi connectivity index (χ4n) is 10.2. The van der Waals surface area contributed by atoms with Crippen LogP contribution in [0.15, 0.2) is 140 Å². The Balaban J connectivity index is 1.15. The summed E-state index contributed by atoms with van der Waals surface area (Å²) in [6.07, 6.45) is 5.48. The maximum absolute atomic E-state index is 2.51. The summed E-state index contributed by atoms with van der Waals surface area (Å²) in [6.45, 7) is 4.75. The first kappa shape index (κ1) is 27.3. The Labute approximate surface area is 278 Å². The highest BCUT2D eigenvalue weighted by Gasteiger charge is 2.56. The van der Waals surface area contributed by atoms with E-state index in [1.54, 1.807) is 11.1 Å². The zero-order chi connectivity index (χ0) is 31.3. The van der Waals surface area contributed by atoms with Crippen LogP contribution in [-0.4, -0.2) is 0 Å². The molecule has 1 heteroatoms. The van der Waals surface area contributed by atoms with Crippen molar-refractivity contribution in [3.8, 4) is 33.4 Å². The van der Waals surface area contributed by atoms with Crippen LogP contribution in [0.1, 0.15) is 61.8 Å². The Morgan fingerprint density at radius 2 is 1.09 bits per heavy atom. The third-order valence-electron chi connectivity index (χ3n) is 12.3. The van der Waals surface area contributed by atoms with Crippen molar-refractivity contribution >= 4 is 17.1 Å². The molecular formula is C46H39N. The van der Waals surface area contributed by atoms with Crippen molar-refractivity contribution in [3.63, 3.8) is 0 Å². The first-order valence-electron chi connectivity index (χ1n) is 17.5. The van der Waals surface area contributed by atoms with E-state index >= 15 is 0 Å². The largest absolute Gasteiger partial charge is 0.310 e. The molecule has 0 aromatic heterocycles. The lowest BCUT2D eigenvalue weighted by molar-refractivity contribution is 0.327. The van der Waals surface area contributed by atoms with Crippen LogP contribution in [0.25, 0.3) is 33.4 Å². The molecule has 0 aliphatic heterocycles. The molecule has 0 radical (unpaired) electrons. The molecule has 3 atom stereocenters. The van der Waals surface area contributed by atoms with Gasteiger partial charge in [0, 0.05) is 27.9 Å². The maximum atomic E-state index is 2.51. The summed E-state index contributed by atoms with van der Waals surface area (Å²) < 4.78 is 0. The van der Waals surface area contributed by atoms with Gasteiger partial charge in [0.15, 0.2) is 0 Å². The van der Waals surface area contributed by atoms with Crippen molar-refractivity contribution in [2.75, 3.05) is 4.90 Å². The first-order chi connectivity index (χ1) is 23.0. The monoisotopic (exact) mass is 605 g/mol. The van der Waals surface area contributed by atoms with Crippen LogP contribution >= 0.6 is 0 Å². The lowest BCUT2D eigenvalue weighted by atomic mass is 9.67. The van der Waals surface area contributed by atoms with Gasteiger partial charge >= 0.3 is 0 Å². The summed E-state index contributed by atoms with van der Waals surface area (Å²) in [5.41, 5.74) is 17.8. The fourth-order valence-corrected chi connectivity index (χ4v) is 10.2. The highest BCUT2D eigenvalue weighted by Crippen LogP contribution is 2.66. The molecule has 0 amide bonds. The molecule has 2 saturated carbocycles. The predicted molar refractivity (Wildman–Crippen MR) is 196 cm³/mol. The summed E-state index contributed by atoms with van der Waals surface area (Å²) in [5, 5.41) is 0. The topological polar surface area (TPSA) is 3.24 Å². The van der Waals surface area contributed by atoms with Gasteiger partial charge in [-0.15, -0.1) is 0 Å². The molecule has 3 unspecified atom stereocenters. The average Bonchev–Trinajstić information content (AvgIpc) is 3.86. The molecule has 0 saturated heterocycles. The summed E-state index contributed by atoms with van der Waals surface area (Å²) >= 11 is 0. The first-order valence-corrected chi connectivity index (χ1v) is 17.5. The highest BCUT2D eigenvalue weighted by molar-refractivity contribution is 5.89. The Kier molecular flexibility index (Phi) is 5.69. The van der Waals surface area contributed by atoms with Gasteiger partial charge in [0.1, 0.15) is 0 Å². The molecule has 4 aliphatic carbocycles. The van der Waals surface area contributed by atoms with Gasteiger partial charge in [-0.1, -0.05) is 123 Å². The normalized spacial score (nSPS) is 22.2. The quantitative estimate of drug-likeness (QED) is 0.193. The molecule has 10 rings (SSSR count). The van der Waals surface area contributed by atoms with E-state index in [1.165, 1.54) is 87.3 Å². The Bertz CT molecular complexity index is 2190. The minimum atomic E-state index is -0.0597. The molecule has 6 aromatic carbocycles. The van der Waals surface area contributed by atoms with Gasteiger partial charge in [-0.2, -0.15) is 0 Å². The summed E-state index contributed by atoms with van der Waals surface area (Å²) in [4.78, 5) is 2.49. The van der Waals surface area contributed by atoms with Crippen molar-refractivity contribution in [1.29, 1.82) is 0 Å². The van der Waals surface area contributed by atoms with E-state index in [1.807, 2.05) is 0 Å². The van der Waals surface area contributed by atoms with Gasteiger partial charge in [0.25, 0.3) is 0 Å². The van der Waals surface area contributed by atoms with Gasteiger partial charge in [-0.25, -0.2) is 0 Å². The smallest absolute Gasteiger partial charge is 0.0468 e. The third-order valence-corrected chi connectivity index (χ3v) is 12.3. The predicted octanol–water partition coefficient (Wildman–Crippen LogP) is 12.2. The second-order valence-corrected chi connectivity index (χ2v) is 15.0. The van der Waals surface area contributed by atoms with Gasteiger partial charge in [-0.05, 0) is 123 Å². The van der Waals surface area contributed by atoms with Crippen molar-refractivity contribution in [1.82, 2.24) is 0 Å². The van der Waals surface area contributed by atoms with E-state index < -0.39 is 0 Å². The molecular weight excluding hydrogens is 567 g/mol. The van der Waals surface area contributed by atoms with Crippen LogP contribution in [0.4, 0.5) is 17.1 Å². The van der Waals surface area contributed by atoms with E-state index in [0.717, 1.165) is 11.8 Å². The standard InChI is InChI=1S/C46H39N/c1-45(2)41-14-8-6-12-37(41)39-24-22-36(28-44(39)45)47(34-20-17-32(18-21-34)31-10-4-3-5-11-31)35-23-25-43-40(27-35)38-13-7-9-15-42(38)46(43)29-30-16-19-33(46)26-30/h3-15,17-18,20-25,27-28,30,33H,16,19,26,29H2,1-2H3. The van der Waals surface area contributed by atoms with E-state index in [2.05, 4.69) is 158 Å². The van der Waals surface area contributed by atoms with Crippen molar-refractivity contribution in [2.45, 2.75) is 50.4 Å². The molecule has 228 valence electrons. The Hall–Kier alpha value is -4.88. The fraction of sp³-hybridized carbons (Fsp3) is 0.217. The van der Waals surface area contributed by atoms with Crippen LogP contribution in [0.2, 0.25) is 0 Å². The van der Waals surface area contributed by atoms with E-state index in [9.17, 15) is 0 Å². The zero-order valence-electron chi connectivity index (χ0n) is 27.2. The molecule has 6 aromatic rings. The molecule has 0 N–H and O–H groups in total. The molecule has 2 fully saturated rings. The van der Waals surface area contributed by atoms with E-state index in [0.29, 0.717) is 0 Å². The number of hydrogen-bond acceptors (Lipinski definition) is 1. The second kappa shape index (κ2) is 9.81. The lowest BCUT2D eigenvalue weighted by Gasteiger charge is -2.36. The lowest BCUT2D eigenvalue weighted by Crippen LogP contribution is -2.31. The zero-order valence-corrected chi connectivity index (χ0v) is 27.2. The second-order valence-electron chi connectivity index (χ2n) is 15.0. The van der Waals surface area contributed by atoms with Crippen LogP contribution in [0, 0.1) is 11.8 Å². The minimum Gasteiger partial charge on any atom is -0.310 e. The van der Waals surface area contributed by atoms with E-state index in [4.69, 9.17) is 0 Å². The summed E-state index contributed by atoms with van der Waals surface area (Å²) in [6, 6.07) is 52.7. The van der Waals surface area contributed by atoms with Crippen molar-refractivity contribution in [3.05, 3.63) is 162 Å². The van der Waals surface area contributed by atoms with Crippen molar-refractivity contribution < 1.29 is 0 Å². The summed E-state index contributed by atoms with van der Waals surface area (Å²) in [5.74, 6) is 1.64. The van der Waals surface area contributed by atoms with Crippen LogP contribution in [-0.2, 0) is 10.8 Å². The highest BCUT2D eigenvalue weighted by atomic mass is 15.1. The van der Waals surface area contributed by atoms with Gasteiger partial charge in [-0.3, -0.25) is 0 Å². The average molecular weight is 606 g/mol. The van der Waals surface area contributed by atoms with Crippen LogP contribution in [0.3, 0.4) is 0 Å². The van der Waals surface area contributed by atoms with Crippen LogP contribution < -0.4 is 4.90 Å². The number of anilines is 3. The van der Waals surface area contributed by atoms with Gasteiger partial charge in [0.05, 0.1) is 0 Å². The molecule has 47 heavy (non-hydrogen) atoms. The molecule has 4 aliphatic rings. The Morgan fingerprint density at radius 1 is 0.489 bits per heavy atom. The number of rotatable bonds is 4. The van der Waals surface area contributed by atoms with Gasteiger partial charge in [0.2, 0.25) is 0 Å². The number of benzene rings is 6. The molecule has 1 spiro atoms. The third kappa shape index (κ3) is 3.77. The van der Waals surface area contributed by atoms with E-state index in [-0.39, 0.29) is 10.8 Å². The van der Waals surface area contributed by atoms with Crippen molar-refractivity contribution in [2.24, 2.45) is 11.8 Å². The minimum absolute atomic E-state index is 0.0597. The number of fused-ring (bicyclic) bond motifs is 11.